The highest BCUT2D eigenvalue weighted by atomic mass is 35.5. The lowest BCUT2D eigenvalue weighted by Gasteiger charge is -2.10. The molecule has 0 bridgehead atoms. The average Bonchev–Trinajstić information content (AvgIpc) is 2.83. The van der Waals surface area contributed by atoms with Gasteiger partial charge in [0.15, 0.2) is 5.75 Å². The van der Waals surface area contributed by atoms with Gasteiger partial charge in [0, 0.05) is 17.0 Å². The predicted octanol–water partition coefficient (Wildman–Crippen LogP) is 5.88. The molecule has 0 atom stereocenters. The summed E-state index contributed by atoms with van der Waals surface area (Å²) in [5.41, 5.74) is 2.47. The number of fused-ring (bicyclic) bond motifs is 3. The van der Waals surface area contributed by atoms with Crippen LogP contribution in [0.15, 0.2) is 10.5 Å². The first-order chi connectivity index (χ1) is 9.88. The molecule has 0 aliphatic carbocycles. The molecule has 3 aromatic rings. The largest absolute Gasteiger partial charge is 0.506 e. The number of rotatable bonds is 1. The van der Waals surface area contributed by atoms with Crippen molar-refractivity contribution in [1.29, 1.82) is 0 Å². The minimum absolute atomic E-state index is 0.0347. The van der Waals surface area contributed by atoms with E-state index in [4.69, 9.17) is 44.0 Å². The highest BCUT2D eigenvalue weighted by Gasteiger charge is 2.23. The predicted molar refractivity (Wildman–Crippen MR) is 86.4 cm³/mol. The van der Waals surface area contributed by atoms with Crippen LogP contribution in [0.3, 0.4) is 0 Å². The third-order valence-electron chi connectivity index (χ3n) is 3.62. The number of aryl methyl sites for hydroxylation is 2. The van der Waals surface area contributed by atoms with Crippen LogP contribution < -0.4 is 4.74 Å². The zero-order valence-electron chi connectivity index (χ0n) is 11.5. The van der Waals surface area contributed by atoms with Crippen molar-refractivity contribution in [2.45, 2.75) is 13.8 Å². The second-order valence-electron chi connectivity index (χ2n) is 4.80. The van der Waals surface area contributed by atoms with Crippen LogP contribution in [0.4, 0.5) is 0 Å². The normalized spacial score (nSPS) is 11.5. The van der Waals surface area contributed by atoms with Crippen LogP contribution in [0.2, 0.25) is 15.1 Å². The van der Waals surface area contributed by atoms with Crippen molar-refractivity contribution in [1.82, 2.24) is 0 Å². The molecule has 0 amide bonds. The zero-order chi connectivity index (χ0) is 15.5. The molecule has 110 valence electrons. The van der Waals surface area contributed by atoms with Crippen molar-refractivity contribution < 1.29 is 14.3 Å². The minimum atomic E-state index is -0.0347. The first-order valence-electron chi connectivity index (χ1n) is 6.14. The van der Waals surface area contributed by atoms with Crippen LogP contribution in [0, 0.1) is 13.8 Å². The van der Waals surface area contributed by atoms with Gasteiger partial charge in [0.25, 0.3) is 0 Å². The van der Waals surface area contributed by atoms with E-state index in [1.165, 1.54) is 13.2 Å². The summed E-state index contributed by atoms with van der Waals surface area (Å²) >= 11 is 18.8. The molecule has 3 nitrogen and oxygen atoms in total. The number of benzene rings is 2. The fraction of sp³-hybridized carbons (Fsp3) is 0.200. The third kappa shape index (κ3) is 1.88. The summed E-state index contributed by atoms with van der Waals surface area (Å²) in [6, 6.07) is 1.47. The maximum absolute atomic E-state index is 9.84. The Morgan fingerprint density at radius 1 is 1.00 bits per heavy atom. The van der Waals surface area contributed by atoms with E-state index in [9.17, 15) is 5.11 Å². The number of furan rings is 1. The Bertz CT molecular complexity index is 897. The number of methoxy groups -OCH3 is 1. The van der Waals surface area contributed by atoms with Crippen LogP contribution in [0.5, 0.6) is 11.5 Å². The molecule has 3 rings (SSSR count). The van der Waals surface area contributed by atoms with E-state index in [-0.39, 0.29) is 10.8 Å². The van der Waals surface area contributed by atoms with Crippen LogP contribution >= 0.6 is 34.8 Å². The second kappa shape index (κ2) is 4.87. The summed E-state index contributed by atoms with van der Waals surface area (Å²) in [6.45, 7) is 3.62. The summed E-state index contributed by atoms with van der Waals surface area (Å²) < 4.78 is 11.1. The van der Waals surface area contributed by atoms with Gasteiger partial charge in [-0.15, -0.1) is 0 Å². The average molecular weight is 346 g/mol. The van der Waals surface area contributed by atoms with Gasteiger partial charge in [0.1, 0.15) is 16.9 Å². The highest BCUT2D eigenvalue weighted by molar-refractivity contribution is 6.44. The monoisotopic (exact) mass is 344 g/mol. The highest BCUT2D eigenvalue weighted by Crippen LogP contribution is 2.48. The van der Waals surface area contributed by atoms with Gasteiger partial charge < -0.3 is 14.3 Å². The van der Waals surface area contributed by atoms with Crippen molar-refractivity contribution in [2.75, 3.05) is 7.11 Å². The number of ether oxygens (including phenoxy) is 1. The number of hydrogen-bond acceptors (Lipinski definition) is 3. The molecule has 1 aromatic heterocycles. The van der Waals surface area contributed by atoms with E-state index in [0.717, 1.165) is 10.9 Å². The standard InChI is InChI=1S/C15H11Cl3O3/c1-5-9-8(4-7(19)11(5)16)21-14-6(2)12(17)15(20-3)13(18)10(9)14/h4,19H,1-3H3. The Morgan fingerprint density at radius 2 is 1.67 bits per heavy atom. The molecule has 2 aromatic carbocycles. The maximum Gasteiger partial charge on any atom is 0.157 e. The lowest BCUT2D eigenvalue weighted by Crippen LogP contribution is -1.90. The van der Waals surface area contributed by atoms with Crippen molar-refractivity contribution in [3.63, 3.8) is 0 Å². The van der Waals surface area contributed by atoms with Crippen LogP contribution in [-0.2, 0) is 0 Å². The SMILES string of the molecule is COc1c(Cl)c(C)c2oc3cc(O)c(Cl)c(C)c3c2c1Cl. The Hall–Kier alpha value is -1.29. The lowest BCUT2D eigenvalue weighted by atomic mass is 10.0. The summed E-state index contributed by atoms with van der Waals surface area (Å²) in [5.74, 6) is 0.363. The summed E-state index contributed by atoms with van der Waals surface area (Å²) in [5, 5.41) is 12.3. The van der Waals surface area contributed by atoms with E-state index in [1.807, 2.05) is 6.92 Å². The van der Waals surface area contributed by atoms with Crippen molar-refractivity contribution in [2.24, 2.45) is 0 Å². The van der Waals surface area contributed by atoms with Crippen molar-refractivity contribution >= 4 is 56.7 Å². The summed E-state index contributed by atoms with van der Waals surface area (Å²) in [7, 11) is 1.51. The topological polar surface area (TPSA) is 42.6 Å². The van der Waals surface area contributed by atoms with E-state index >= 15 is 0 Å². The molecule has 0 spiro atoms. The molecule has 0 fully saturated rings. The van der Waals surface area contributed by atoms with Gasteiger partial charge in [0.2, 0.25) is 0 Å². The fourth-order valence-electron chi connectivity index (χ4n) is 2.54. The zero-order valence-corrected chi connectivity index (χ0v) is 13.7. The van der Waals surface area contributed by atoms with Gasteiger partial charge in [-0.05, 0) is 19.4 Å². The Kier molecular flexibility index (Phi) is 3.40. The molecule has 6 heteroatoms. The van der Waals surface area contributed by atoms with Gasteiger partial charge in [-0.3, -0.25) is 0 Å². The molecule has 21 heavy (non-hydrogen) atoms. The maximum atomic E-state index is 9.84. The molecule has 0 radical (unpaired) electrons. The number of aromatic hydroxyl groups is 1. The molecule has 0 unspecified atom stereocenters. The molecule has 0 aliphatic heterocycles. The molecule has 1 N–H and O–H groups in total. The number of phenols is 1. The van der Waals surface area contributed by atoms with Crippen LogP contribution in [0.1, 0.15) is 11.1 Å². The molecular weight excluding hydrogens is 335 g/mol. The molecule has 0 aliphatic rings. The first-order valence-corrected chi connectivity index (χ1v) is 7.27. The van der Waals surface area contributed by atoms with E-state index in [2.05, 4.69) is 0 Å². The number of halogens is 3. The quantitative estimate of drug-likeness (QED) is 0.599. The Balaban J connectivity index is 2.65. The first kappa shape index (κ1) is 14.6. The smallest absolute Gasteiger partial charge is 0.157 e. The van der Waals surface area contributed by atoms with Crippen molar-refractivity contribution in [3.8, 4) is 11.5 Å². The van der Waals surface area contributed by atoms with Crippen molar-refractivity contribution in [3.05, 3.63) is 32.3 Å². The number of phenolic OH excluding ortho intramolecular Hbond substituents is 1. The molecule has 1 heterocycles. The minimum Gasteiger partial charge on any atom is -0.506 e. The number of hydrogen-bond donors (Lipinski definition) is 1. The lowest BCUT2D eigenvalue weighted by molar-refractivity contribution is 0.415. The van der Waals surface area contributed by atoms with Gasteiger partial charge in [-0.25, -0.2) is 0 Å². The summed E-state index contributed by atoms with van der Waals surface area (Å²) in [4.78, 5) is 0. The second-order valence-corrected chi connectivity index (χ2v) is 5.93. The molecule has 0 saturated carbocycles. The van der Waals surface area contributed by atoms with E-state index in [0.29, 0.717) is 37.9 Å². The van der Waals surface area contributed by atoms with Gasteiger partial charge >= 0.3 is 0 Å². The molecular formula is C15H11Cl3O3. The summed E-state index contributed by atoms with van der Waals surface area (Å²) in [6.07, 6.45) is 0. The molecule has 0 saturated heterocycles. The fourth-order valence-corrected chi connectivity index (χ4v) is 3.35. The van der Waals surface area contributed by atoms with E-state index in [1.54, 1.807) is 6.92 Å². The Labute approximate surface area is 136 Å². The van der Waals surface area contributed by atoms with Crippen LogP contribution in [-0.4, -0.2) is 12.2 Å². The van der Waals surface area contributed by atoms with E-state index < -0.39 is 0 Å². The van der Waals surface area contributed by atoms with Gasteiger partial charge in [-0.2, -0.15) is 0 Å². The van der Waals surface area contributed by atoms with Crippen LogP contribution in [0.25, 0.3) is 21.9 Å². The van der Waals surface area contributed by atoms with Gasteiger partial charge in [0.05, 0.1) is 27.6 Å². The third-order valence-corrected chi connectivity index (χ3v) is 4.92. The van der Waals surface area contributed by atoms with Gasteiger partial charge in [-0.1, -0.05) is 34.8 Å². The Morgan fingerprint density at radius 3 is 2.29 bits per heavy atom.